The van der Waals surface area contributed by atoms with E-state index >= 15 is 0 Å². The van der Waals surface area contributed by atoms with Crippen molar-refractivity contribution in [3.63, 3.8) is 0 Å². The molecule has 0 amide bonds. The van der Waals surface area contributed by atoms with E-state index < -0.39 is 8.07 Å². The molecule has 0 fully saturated rings. The molecule has 2 aromatic carbocycles. The average Bonchev–Trinajstić information content (AvgIpc) is 2.53. The highest BCUT2D eigenvalue weighted by Gasteiger charge is 2.31. The van der Waals surface area contributed by atoms with Crippen LogP contribution in [0.1, 0.15) is 31.4 Å². The zero-order valence-corrected chi connectivity index (χ0v) is 16.5. The van der Waals surface area contributed by atoms with E-state index in [-0.39, 0.29) is 5.41 Å². The van der Waals surface area contributed by atoms with E-state index in [0.29, 0.717) is 0 Å². The Labute approximate surface area is 147 Å². The molecule has 0 bridgehead atoms. The maximum atomic E-state index is 3.49. The Bertz CT molecular complexity index is 788. The van der Waals surface area contributed by atoms with Crippen LogP contribution in [-0.4, -0.2) is 14.6 Å². The van der Waals surface area contributed by atoms with Crippen LogP contribution in [0.25, 0.3) is 0 Å². The normalized spacial score (nSPS) is 16.1. The van der Waals surface area contributed by atoms with Crippen molar-refractivity contribution < 1.29 is 0 Å². The van der Waals surface area contributed by atoms with Crippen molar-refractivity contribution in [1.82, 2.24) is 0 Å². The molecule has 0 aromatic heterocycles. The van der Waals surface area contributed by atoms with Crippen LogP contribution in [0.5, 0.6) is 0 Å². The average molecular weight is 334 g/mol. The molecular formula is C22H27NSi. The molecule has 3 rings (SSSR count). The number of hydrogen-bond acceptors (Lipinski definition) is 1. The van der Waals surface area contributed by atoms with Crippen LogP contribution in [0, 0.1) is 11.5 Å². The number of fused-ring (bicyclic) bond motifs is 1. The van der Waals surface area contributed by atoms with E-state index in [4.69, 9.17) is 0 Å². The van der Waals surface area contributed by atoms with Crippen molar-refractivity contribution in [3.8, 4) is 11.5 Å². The minimum atomic E-state index is -1.36. The highest BCUT2D eigenvalue weighted by molar-refractivity contribution is 6.83. The van der Waals surface area contributed by atoms with E-state index in [1.54, 1.807) is 0 Å². The molecule has 2 heteroatoms. The van der Waals surface area contributed by atoms with Gasteiger partial charge in [-0.3, -0.25) is 0 Å². The van der Waals surface area contributed by atoms with E-state index in [9.17, 15) is 0 Å². The van der Waals surface area contributed by atoms with Crippen molar-refractivity contribution in [3.05, 3.63) is 59.7 Å². The molecule has 0 atom stereocenters. The van der Waals surface area contributed by atoms with Gasteiger partial charge in [-0.1, -0.05) is 63.7 Å². The first-order valence-corrected chi connectivity index (χ1v) is 12.3. The molecule has 0 radical (unpaired) electrons. The summed E-state index contributed by atoms with van der Waals surface area (Å²) < 4.78 is 0. The molecule has 0 N–H and O–H groups in total. The first-order chi connectivity index (χ1) is 11.3. The molecule has 2 aromatic rings. The third-order valence-corrected chi connectivity index (χ3v) is 5.50. The van der Waals surface area contributed by atoms with E-state index in [1.165, 1.54) is 16.9 Å². The van der Waals surface area contributed by atoms with Crippen LogP contribution >= 0.6 is 0 Å². The standard InChI is InChI=1S/C22H27NSi/c1-22(2)14-15-23(19-9-7-6-8-10-19)21-17-18(11-12-20(21)22)13-16-24(3,4)5/h6-12,17H,14-15H2,1-5H3. The highest BCUT2D eigenvalue weighted by Crippen LogP contribution is 2.42. The summed E-state index contributed by atoms with van der Waals surface area (Å²) in [7, 11) is -1.36. The molecule has 0 saturated heterocycles. The minimum Gasteiger partial charge on any atom is -0.341 e. The van der Waals surface area contributed by atoms with Crippen molar-refractivity contribution in [2.45, 2.75) is 45.3 Å². The van der Waals surface area contributed by atoms with E-state index in [2.05, 4.69) is 98.4 Å². The first kappa shape index (κ1) is 16.9. The van der Waals surface area contributed by atoms with Crippen LogP contribution in [0.3, 0.4) is 0 Å². The molecule has 1 nitrogen and oxygen atoms in total. The zero-order chi connectivity index (χ0) is 17.4. The van der Waals surface area contributed by atoms with Crippen molar-refractivity contribution in [2.24, 2.45) is 0 Å². The number of nitrogens with zero attached hydrogens (tertiary/aromatic N) is 1. The monoisotopic (exact) mass is 333 g/mol. The maximum absolute atomic E-state index is 3.49. The molecular weight excluding hydrogens is 306 g/mol. The van der Waals surface area contributed by atoms with Gasteiger partial charge in [0.05, 0.1) is 0 Å². The van der Waals surface area contributed by atoms with Gasteiger partial charge in [0.1, 0.15) is 8.07 Å². The topological polar surface area (TPSA) is 3.24 Å². The van der Waals surface area contributed by atoms with Crippen molar-refractivity contribution in [1.29, 1.82) is 0 Å². The van der Waals surface area contributed by atoms with Gasteiger partial charge in [-0.05, 0) is 41.7 Å². The quantitative estimate of drug-likeness (QED) is 0.475. The molecule has 0 spiro atoms. The summed E-state index contributed by atoms with van der Waals surface area (Å²) in [6.45, 7) is 12.6. The molecule has 1 heterocycles. The Kier molecular flexibility index (Phi) is 4.32. The second kappa shape index (κ2) is 6.15. The van der Waals surface area contributed by atoms with Gasteiger partial charge in [0.15, 0.2) is 0 Å². The van der Waals surface area contributed by atoms with Gasteiger partial charge in [0, 0.05) is 23.5 Å². The summed E-state index contributed by atoms with van der Waals surface area (Å²) in [6.07, 6.45) is 1.16. The smallest absolute Gasteiger partial charge is 0.129 e. The fourth-order valence-electron chi connectivity index (χ4n) is 3.19. The zero-order valence-electron chi connectivity index (χ0n) is 15.5. The van der Waals surface area contributed by atoms with Gasteiger partial charge >= 0.3 is 0 Å². The summed E-state index contributed by atoms with van der Waals surface area (Å²) in [4.78, 5) is 2.44. The van der Waals surface area contributed by atoms with Crippen LogP contribution < -0.4 is 4.90 Å². The lowest BCUT2D eigenvalue weighted by atomic mass is 9.77. The second-order valence-electron chi connectivity index (χ2n) is 8.35. The third-order valence-electron chi connectivity index (χ3n) is 4.63. The SMILES string of the molecule is CC1(C)CCN(c2ccccc2)c2cc(C#C[Si](C)(C)C)ccc21. The number of anilines is 2. The fourth-order valence-corrected chi connectivity index (χ4v) is 3.71. The van der Waals surface area contributed by atoms with Gasteiger partial charge in [-0.25, -0.2) is 0 Å². The lowest BCUT2D eigenvalue weighted by Gasteiger charge is -2.40. The Morgan fingerprint density at radius 3 is 2.38 bits per heavy atom. The maximum Gasteiger partial charge on any atom is 0.129 e. The summed E-state index contributed by atoms with van der Waals surface area (Å²) in [5.74, 6) is 3.42. The van der Waals surface area contributed by atoms with Gasteiger partial charge < -0.3 is 4.90 Å². The highest BCUT2D eigenvalue weighted by atomic mass is 28.3. The van der Waals surface area contributed by atoms with Gasteiger partial charge in [-0.15, -0.1) is 5.54 Å². The molecule has 1 aliphatic heterocycles. The van der Waals surface area contributed by atoms with Crippen LogP contribution in [0.4, 0.5) is 11.4 Å². The molecule has 0 aliphatic carbocycles. The predicted molar refractivity (Wildman–Crippen MR) is 108 cm³/mol. The van der Waals surface area contributed by atoms with Gasteiger partial charge in [0.25, 0.3) is 0 Å². The Morgan fingerprint density at radius 1 is 1.00 bits per heavy atom. The molecule has 1 aliphatic rings. The molecule has 0 unspecified atom stereocenters. The van der Waals surface area contributed by atoms with Crippen molar-refractivity contribution >= 4 is 19.4 Å². The van der Waals surface area contributed by atoms with Crippen LogP contribution in [0.2, 0.25) is 19.6 Å². The number of rotatable bonds is 1. The lowest BCUT2D eigenvalue weighted by molar-refractivity contribution is 0.467. The number of benzene rings is 2. The molecule has 124 valence electrons. The van der Waals surface area contributed by atoms with Crippen molar-refractivity contribution in [2.75, 3.05) is 11.4 Å². The Morgan fingerprint density at radius 2 is 1.71 bits per heavy atom. The van der Waals surface area contributed by atoms with Gasteiger partial charge in [-0.2, -0.15) is 0 Å². The van der Waals surface area contributed by atoms with E-state index in [0.717, 1.165) is 18.5 Å². The largest absolute Gasteiger partial charge is 0.341 e. The summed E-state index contributed by atoms with van der Waals surface area (Å²) in [5.41, 5.74) is 8.85. The summed E-state index contributed by atoms with van der Waals surface area (Å²) >= 11 is 0. The minimum absolute atomic E-state index is 0.214. The third kappa shape index (κ3) is 3.57. The lowest BCUT2D eigenvalue weighted by Crippen LogP contribution is -2.34. The van der Waals surface area contributed by atoms with Crippen LogP contribution in [0.15, 0.2) is 48.5 Å². The fraction of sp³-hybridized carbons (Fsp3) is 0.364. The van der Waals surface area contributed by atoms with Gasteiger partial charge in [0.2, 0.25) is 0 Å². The molecule has 0 saturated carbocycles. The second-order valence-corrected chi connectivity index (χ2v) is 13.1. The summed E-state index contributed by atoms with van der Waals surface area (Å²) in [5, 5.41) is 0. The predicted octanol–water partition coefficient (Wildman–Crippen LogP) is 5.73. The summed E-state index contributed by atoms with van der Waals surface area (Å²) in [6, 6.07) is 17.5. The van der Waals surface area contributed by atoms with Crippen LogP contribution in [-0.2, 0) is 5.41 Å². The number of hydrogen-bond donors (Lipinski definition) is 0. The number of para-hydroxylation sites is 1. The first-order valence-electron chi connectivity index (χ1n) is 8.77. The Balaban J connectivity index is 2.09. The molecule has 24 heavy (non-hydrogen) atoms. The Hall–Kier alpha value is -1.98. The van der Waals surface area contributed by atoms with E-state index in [1.807, 2.05) is 0 Å².